The molecule has 20 heavy (non-hydrogen) atoms. The summed E-state index contributed by atoms with van der Waals surface area (Å²) in [7, 11) is 0. The lowest BCUT2D eigenvalue weighted by Crippen LogP contribution is -2.25. The molecule has 1 unspecified atom stereocenters. The number of hydrogen-bond acceptors (Lipinski definition) is 3. The molecule has 1 aliphatic rings. The lowest BCUT2D eigenvalue weighted by Gasteiger charge is -2.25. The first-order valence-corrected chi connectivity index (χ1v) is 6.92. The number of aryl methyl sites for hydroxylation is 1. The van der Waals surface area contributed by atoms with E-state index in [0.717, 1.165) is 30.3 Å². The molecule has 0 saturated heterocycles. The van der Waals surface area contributed by atoms with Gasteiger partial charge in [0.15, 0.2) is 0 Å². The van der Waals surface area contributed by atoms with Gasteiger partial charge in [0.1, 0.15) is 18.1 Å². The Morgan fingerprint density at radius 3 is 2.95 bits per heavy atom. The lowest BCUT2D eigenvalue weighted by molar-refractivity contribution is 0.180. The van der Waals surface area contributed by atoms with Gasteiger partial charge in [-0.05, 0) is 30.0 Å². The molecule has 0 radical (unpaired) electrons. The van der Waals surface area contributed by atoms with E-state index in [-0.39, 0.29) is 6.10 Å². The highest BCUT2D eigenvalue weighted by Crippen LogP contribution is 2.27. The standard InChI is InChI=1S/C16H15N3O/c1-2-4-12-9-13(6-5-11(12)3-1)20-16-14-7-8-17-15(14)18-10-19-16/h1-4,7-8,10,13H,5-6,9H2,(H,17,18,19). The fraction of sp³-hybridized carbons (Fsp3) is 0.250. The first-order chi connectivity index (χ1) is 9.90. The van der Waals surface area contributed by atoms with Crippen molar-refractivity contribution in [1.82, 2.24) is 15.0 Å². The van der Waals surface area contributed by atoms with Crippen LogP contribution in [0.3, 0.4) is 0 Å². The summed E-state index contributed by atoms with van der Waals surface area (Å²) in [6.45, 7) is 0. The third kappa shape index (κ3) is 1.93. The van der Waals surface area contributed by atoms with Crippen molar-refractivity contribution in [3.05, 3.63) is 54.0 Å². The first kappa shape index (κ1) is 11.5. The quantitative estimate of drug-likeness (QED) is 0.775. The second-order valence-electron chi connectivity index (χ2n) is 5.17. The number of nitrogens with zero attached hydrogens (tertiary/aromatic N) is 2. The number of H-pyrrole nitrogens is 1. The Kier molecular flexibility index (Phi) is 2.66. The topological polar surface area (TPSA) is 50.8 Å². The third-order valence-corrected chi connectivity index (χ3v) is 3.90. The minimum Gasteiger partial charge on any atom is -0.473 e. The molecule has 1 N–H and O–H groups in total. The molecule has 4 nitrogen and oxygen atoms in total. The van der Waals surface area contributed by atoms with Crippen molar-refractivity contribution in [2.24, 2.45) is 0 Å². The monoisotopic (exact) mass is 265 g/mol. The van der Waals surface area contributed by atoms with E-state index in [4.69, 9.17) is 4.74 Å². The molecule has 1 aromatic carbocycles. The van der Waals surface area contributed by atoms with Crippen LogP contribution in [-0.4, -0.2) is 21.1 Å². The van der Waals surface area contributed by atoms with E-state index >= 15 is 0 Å². The van der Waals surface area contributed by atoms with Crippen molar-refractivity contribution in [3.63, 3.8) is 0 Å². The van der Waals surface area contributed by atoms with Gasteiger partial charge in [0.05, 0.1) is 5.39 Å². The molecule has 0 aliphatic heterocycles. The number of rotatable bonds is 2. The second kappa shape index (κ2) is 4.63. The molecule has 100 valence electrons. The summed E-state index contributed by atoms with van der Waals surface area (Å²) in [6.07, 6.45) is 6.66. The van der Waals surface area contributed by atoms with Gasteiger partial charge >= 0.3 is 0 Å². The maximum Gasteiger partial charge on any atom is 0.226 e. The van der Waals surface area contributed by atoms with Crippen LogP contribution >= 0.6 is 0 Å². The van der Waals surface area contributed by atoms with E-state index in [1.165, 1.54) is 11.1 Å². The first-order valence-electron chi connectivity index (χ1n) is 6.92. The smallest absolute Gasteiger partial charge is 0.226 e. The Morgan fingerprint density at radius 1 is 1.10 bits per heavy atom. The van der Waals surface area contributed by atoms with Crippen molar-refractivity contribution in [1.29, 1.82) is 0 Å². The van der Waals surface area contributed by atoms with Crippen LogP contribution in [0.15, 0.2) is 42.9 Å². The minimum absolute atomic E-state index is 0.192. The summed E-state index contributed by atoms with van der Waals surface area (Å²) in [4.78, 5) is 11.5. The number of aromatic amines is 1. The largest absolute Gasteiger partial charge is 0.473 e. The predicted octanol–water partition coefficient (Wildman–Crippen LogP) is 2.89. The molecule has 1 aliphatic carbocycles. The van der Waals surface area contributed by atoms with Gasteiger partial charge in [0.2, 0.25) is 5.88 Å². The van der Waals surface area contributed by atoms with Gasteiger partial charge in [-0.1, -0.05) is 24.3 Å². The Balaban J connectivity index is 1.60. The number of aromatic nitrogens is 3. The van der Waals surface area contributed by atoms with Crippen LogP contribution in [0.4, 0.5) is 0 Å². The summed E-state index contributed by atoms with van der Waals surface area (Å²) < 4.78 is 6.11. The Labute approximate surface area is 116 Å². The van der Waals surface area contributed by atoms with Gasteiger partial charge in [-0.25, -0.2) is 9.97 Å². The molecular weight excluding hydrogens is 250 g/mol. The Hall–Kier alpha value is -2.36. The molecule has 4 heteroatoms. The van der Waals surface area contributed by atoms with Gasteiger partial charge in [-0.3, -0.25) is 0 Å². The molecular formula is C16H15N3O. The van der Waals surface area contributed by atoms with Crippen LogP contribution in [-0.2, 0) is 12.8 Å². The molecule has 2 aromatic heterocycles. The maximum absolute atomic E-state index is 6.11. The van der Waals surface area contributed by atoms with Crippen molar-refractivity contribution in [2.75, 3.05) is 0 Å². The molecule has 0 bridgehead atoms. The SMILES string of the molecule is c1ccc2c(c1)CCC(Oc1ncnc3[nH]ccc13)C2. The van der Waals surface area contributed by atoms with Crippen LogP contribution in [0.1, 0.15) is 17.5 Å². The maximum atomic E-state index is 6.11. The van der Waals surface area contributed by atoms with Crippen molar-refractivity contribution >= 4 is 11.0 Å². The van der Waals surface area contributed by atoms with E-state index in [2.05, 4.69) is 39.2 Å². The van der Waals surface area contributed by atoms with Gasteiger partial charge in [0.25, 0.3) is 0 Å². The summed E-state index contributed by atoms with van der Waals surface area (Å²) in [5.41, 5.74) is 3.66. The lowest BCUT2D eigenvalue weighted by atomic mass is 9.90. The fourth-order valence-electron chi connectivity index (χ4n) is 2.87. The molecule has 0 fully saturated rings. The van der Waals surface area contributed by atoms with Crippen LogP contribution in [0.5, 0.6) is 5.88 Å². The van der Waals surface area contributed by atoms with Gasteiger partial charge in [-0.2, -0.15) is 0 Å². The number of nitrogens with one attached hydrogen (secondary N) is 1. The predicted molar refractivity (Wildman–Crippen MR) is 76.8 cm³/mol. The second-order valence-corrected chi connectivity index (χ2v) is 5.17. The van der Waals surface area contributed by atoms with Gasteiger partial charge in [0, 0.05) is 12.6 Å². The van der Waals surface area contributed by atoms with Crippen molar-refractivity contribution < 1.29 is 4.74 Å². The molecule has 4 rings (SSSR count). The normalized spacial score (nSPS) is 17.9. The van der Waals surface area contributed by atoms with E-state index < -0.39 is 0 Å². The zero-order valence-corrected chi connectivity index (χ0v) is 11.0. The zero-order chi connectivity index (χ0) is 13.4. The number of ether oxygens (including phenoxy) is 1. The summed E-state index contributed by atoms with van der Waals surface area (Å²) in [5.74, 6) is 0.681. The average Bonchev–Trinajstić information content (AvgIpc) is 2.97. The zero-order valence-electron chi connectivity index (χ0n) is 11.0. The van der Waals surface area contributed by atoms with Crippen LogP contribution in [0, 0.1) is 0 Å². The molecule has 3 aromatic rings. The van der Waals surface area contributed by atoms with Gasteiger partial charge < -0.3 is 9.72 Å². The number of fused-ring (bicyclic) bond motifs is 2. The van der Waals surface area contributed by atoms with Gasteiger partial charge in [-0.15, -0.1) is 0 Å². The van der Waals surface area contributed by atoms with Crippen LogP contribution < -0.4 is 4.74 Å². The van der Waals surface area contributed by atoms with E-state index in [1.807, 2.05) is 12.3 Å². The van der Waals surface area contributed by atoms with E-state index in [9.17, 15) is 0 Å². The fourth-order valence-corrected chi connectivity index (χ4v) is 2.87. The van der Waals surface area contributed by atoms with Crippen LogP contribution in [0.25, 0.3) is 11.0 Å². The highest BCUT2D eigenvalue weighted by Gasteiger charge is 2.21. The molecule has 2 heterocycles. The van der Waals surface area contributed by atoms with E-state index in [1.54, 1.807) is 6.33 Å². The summed E-state index contributed by atoms with van der Waals surface area (Å²) >= 11 is 0. The molecule has 0 amide bonds. The summed E-state index contributed by atoms with van der Waals surface area (Å²) in [5, 5.41) is 0.950. The minimum atomic E-state index is 0.192. The molecule has 0 saturated carbocycles. The number of benzene rings is 1. The molecule has 0 spiro atoms. The summed E-state index contributed by atoms with van der Waals surface area (Å²) in [6, 6.07) is 10.6. The number of hydrogen-bond donors (Lipinski definition) is 1. The average molecular weight is 265 g/mol. The van der Waals surface area contributed by atoms with E-state index in [0.29, 0.717) is 5.88 Å². The highest BCUT2D eigenvalue weighted by molar-refractivity contribution is 5.80. The molecule has 1 atom stereocenters. The Morgan fingerprint density at radius 2 is 2.00 bits per heavy atom. The third-order valence-electron chi connectivity index (χ3n) is 3.90. The highest BCUT2D eigenvalue weighted by atomic mass is 16.5. The van der Waals surface area contributed by atoms with Crippen molar-refractivity contribution in [2.45, 2.75) is 25.4 Å². The van der Waals surface area contributed by atoms with Crippen LogP contribution in [0.2, 0.25) is 0 Å². The Bertz CT molecular complexity index is 750. The van der Waals surface area contributed by atoms with Crippen molar-refractivity contribution in [3.8, 4) is 5.88 Å².